The lowest BCUT2D eigenvalue weighted by molar-refractivity contribution is -0.0292. The number of anilines is 1. The Morgan fingerprint density at radius 3 is 2.64 bits per heavy atom. The number of pyridine rings is 1. The molecule has 28 heavy (non-hydrogen) atoms. The summed E-state index contributed by atoms with van der Waals surface area (Å²) < 4.78 is 17.2. The van der Waals surface area contributed by atoms with Crippen LogP contribution >= 0.6 is 0 Å². The highest BCUT2D eigenvalue weighted by molar-refractivity contribution is 5.40. The number of aromatic nitrogens is 1. The number of aliphatic hydroxyl groups excluding tert-OH is 1. The van der Waals surface area contributed by atoms with Crippen LogP contribution in [0, 0.1) is 0 Å². The number of benzene rings is 1. The Morgan fingerprint density at radius 1 is 1.07 bits per heavy atom. The number of nitrogens with zero attached hydrogens (tertiary/aromatic N) is 3. The molecule has 1 N–H and O–H groups in total. The van der Waals surface area contributed by atoms with Crippen molar-refractivity contribution in [1.29, 1.82) is 0 Å². The third-order valence-corrected chi connectivity index (χ3v) is 5.00. The minimum Gasteiger partial charge on any atom is -0.486 e. The molecule has 2 aliphatic rings. The Balaban J connectivity index is 1.14. The lowest BCUT2D eigenvalue weighted by Gasteiger charge is -2.36. The Hall–Kier alpha value is -2.35. The number of piperazine rings is 1. The van der Waals surface area contributed by atoms with E-state index in [2.05, 4.69) is 14.8 Å². The van der Waals surface area contributed by atoms with Gasteiger partial charge in [-0.25, -0.2) is 4.98 Å². The molecule has 0 saturated carbocycles. The lowest BCUT2D eigenvalue weighted by atomic mass is 10.2. The summed E-state index contributed by atoms with van der Waals surface area (Å²) in [6.07, 6.45) is 1.16. The molecule has 1 saturated heterocycles. The van der Waals surface area contributed by atoms with Gasteiger partial charge in [0.25, 0.3) is 0 Å². The van der Waals surface area contributed by atoms with Crippen LogP contribution in [0.25, 0.3) is 0 Å². The van der Waals surface area contributed by atoms with E-state index in [4.69, 9.17) is 14.2 Å². The Labute approximate surface area is 165 Å². The minimum atomic E-state index is -0.516. The van der Waals surface area contributed by atoms with Crippen molar-refractivity contribution >= 4 is 5.82 Å². The van der Waals surface area contributed by atoms with Gasteiger partial charge in [-0.1, -0.05) is 18.2 Å². The zero-order valence-corrected chi connectivity index (χ0v) is 15.9. The van der Waals surface area contributed by atoms with Gasteiger partial charge in [0.05, 0.1) is 19.3 Å². The Bertz CT molecular complexity index is 737. The summed E-state index contributed by atoms with van der Waals surface area (Å²) in [6.45, 7) is 5.41. The van der Waals surface area contributed by atoms with Crippen molar-refractivity contribution in [2.24, 2.45) is 0 Å². The molecule has 0 unspecified atom stereocenters. The number of rotatable bonds is 7. The van der Waals surface area contributed by atoms with Crippen LogP contribution in [0.4, 0.5) is 5.82 Å². The van der Waals surface area contributed by atoms with Crippen molar-refractivity contribution in [3.8, 4) is 11.5 Å². The highest BCUT2D eigenvalue weighted by atomic mass is 16.6. The number of ether oxygens (including phenoxy) is 3. The summed E-state index contributed by atoms with van der Waals surface area (Å²) in [7, 11) is 0. The summed E-state index contributed by atoms with van der Waals surface area (Å²) in [6, 6.07) is 13.6. The van der Waals surface area contributed by atoms with Crippen molar-refractivity contribution in [3.63, 3.8) is 0 Å². The second-order valence-electron chi connectivity index (χ2n) is 7.16. The normalized spacial score (nSPS) is 20.8. The van der Waals surface area contributed by atoms with Crippen LogP contribution in [0.2, 0.25) is 0 Å². The number of hydrogen-bond donors (Lipinski definition) is 1. The largest absolute Gasteiger partial charge is 0.486 e. The molecular weight excluding hydrogens is 358 g/mol. The first-order valence-electron chi connectivity index (χ1n) is 9.80. The molecule has 1 aromatic carbocycles. The van der Waals surface area contributed by atoms with E-state index >= 15 is 0 Å². The second kappa shape index (κ2) is 9.23. The molecule has 4 rings (SSSR count). The Kier molecular flexibility index (Phi) is 6.26. The van der Waals surface area contributed by atoms with Gasteiger partial charge in [-0.2, -0.15) is 0 Å². The van der Waals surface area contributed by atoms with E-state index < -0.39 is 6.10 Å². The topological polar surface area (TPSA) is 67.3 Å². The van der Waals surface area contributed by atoms with Crippen molar-refractivity contribution < 1.29 is 19.3 Å². The fourth-order valence-corrected chi connectivity index (χ4v) is 3.53. The maximum atomic E-state index is 10.3. The molecule has 0 aliphatic carbocycles. The standard InChI is InChI=1S/C21H27N3O4/c25-17(13-23-9-11-24(12-10-23)21-7-3-4-8-22-21)14-26-15-18-16-27-19-5-1-2-6-20(19)28-18/h1-8,17-18,25H,9-16H2/t17-,18-/m0/s1. The molecule has 0 bridgehead atoms. The smallest absolute Gasteiger partial charge is 0.161 e. The molecule has 2 aliphatic heterocycles. The van der Waals surface area contributed by atoms with Crippen LogP contribution in [0.5, 0.6) is 11.5 Å². The van der Waals surface area contributed by atoms with Crippen LogP contribution in [0.3, 0.4) is 0 Å². The van der Waals surface area contributed by atoms with Gasteiger partial charge in [-0.05, 0) is 24.3 Å². The van der Waals surface area contributed by atoms with Crippen LogP contribution in [0.1, 0.15) is 0 Å². The van der Waals surface area contributed by atoms with Crippen molar-refractivity contribution in [2.45, 2.75) is 12.2 Å². The fraction of sp³-hybridized carbons (Fsp3) is 0.476. The van der Waals surface area contributed by atoms with Crippen molar-refractivity contribution in [3.05, 3.63) is 48.7 Å². The molecule has 7 heteroatoms. The van der Waals surface area contributed by atoms with Gasteiger partial charge in [0, 0.05) is 38.9 Å². The molecule has 7 nitrogen and oxygen atoms in total. The van der Waals surface area contributed by atoms with Crippen molar-refractivity contribution in [1.82, 2.24) is 9.88 Å². The van der Waals surface area contributed by atoms with Gasteiger partial charge in [-0.3, -0.25) is 4.90 Å². The summed E-state index contributed by atoms with van der Waals surface area (Å²) in [5.74, 6) is 2.53. The van der Waals surface area contributed by atoms with Crippen LogP contribution in [-0.2, 0) is 4.74 Å². The maximum absolute atomic E-state index is 10.3. The maximum Gasteiger partial charge on any atom is 0.161 e. The number of para-hydroxylation sites is 2. The summed E-state index contributed by atoms with van der Waals surface area (Å²) in [4.78, 5) is 8.95. The first kappa shape index (κ1) is 19.0. The van der Waals surface area contributed by atoms with E-state index in [1.54, 1.807) is 0 Å². The van der Waals surface area contributed by atoms with E-state index in [1.807, 2.05) is 48.7 Å². The second-order valence-corrected chi connectivity index (χ2v) is 7.16. The SMILES string of the molecule is O[C@H](COC[C@H]1COc2ccccc2O1)CN1CCN(c2ccccn2)CC1. The van der Waals surface area contributed by atoms with Gasteiger partial charge < -0.3 is 24.2 Å². The van der Waals surface area contributed by atoms with E-state index in [9.17, 15) is 5.11 Å². The van der Waals surface area contributed by atoms with E-state index in [-0.39, 0.29) is 6.10 Å². The molecule has 2 aromatic rings. The average molecular weight is 385 g/mol. The van der Waals surface area contributed by atoms with E-state index in [0.717, 1.165) is 43.5 Å². The minimum absolute atomic E-state index is 0.149. The molecule has 0 radical (unpaired) electrons. The third-order valence-electron chi connectivity index (χ3n) is 5.00. The number of aliphatic hydroxyl groups is 1. The first-order chi connectivity index (χ1) is 13.8. The zero-order valence-electron chi connectivity index (χ0n) is 15.9. The third kappa shape index (κ3) is 4.92. The number of fused-ring (bicyclic) bond motifs is 1. The first-order valence-corrected chi connectivity index (χ1v) is 9.80. The van der Waals surface area contributed by atoms with E-state index in [1.165, 1.54) is 0 Å². The van der Waals surface area contributed by atoms with Gasteiger partial charge in [0.15, 0.2) is 17.6 Å². The average Bonchev–Trinajstić information content (AvgIpc) is 2.75. The lowest BCUT2D eigenvalue weighted by Crippen LogP contribution is -2.49. The zero-order chi connectivity index (χ0) is 19.2. The molecule has 2 atom stereocenters. The van der Waals surface area contributed by atoms with Gasteiger partial charge in [-0.15, -0.1) is 0 Å². The number of β-amino-alcohol motifs (C(OH)–C–C–N with tert-alkyl or cyclic N) is 1. The summed E-state index contributed by atoms with van der Waals surface area (Å²) >= 11 is 0. The Morgan fingerprint density at radius 2 is 1.86 bits per heavy atom. The molecule has 150 valence electrons. The molecule has 0 spiro atoms. The monoisotopic (exact) mass is 385 g/mol. The van der Waals surface area contributed by atoms with Gasteiger partial charge in [0.1, 0.15) is 12.4 Å². The summed E-state index contributed by atoms with van der Waals surface area (Å²) in [5.41, 5.74) is 0. The van der Waals surface area contributed by atoms with Crippen LogP contribution in [0.15, 0.2) is 48.7 Å². The van der Waals surface area contributed by atoms with E-state index in [0.29, 0.717) is 26.4 Å². The summed E-state index contributed by atoms with van der Waals surface area (Å²) in [5, 5.41) is 10.3. The van der Waals surface area contributed by atoms with Gasteiger partial charge >= 0.3 is 0 Å². The predicted octanol–water partition coefficient (Wildman–Crippen LogP) is 1.42. The molecule has 0 amide bonds. The quantitative estimate of drug-likeness (QED) is 0.773. The highest BCUT2D eigenvalue weighted by Crippen LogP contribution is 2.30. The molecule has 1 fully saturated rings. The fourth-order valence-electron chi connectivity index (χ4n) is 3.53. The van der Waals surface area contributed by atoms with Gasteiger partial charge in [0.2, 0.25) is 0 Å². The van der Waals surface area contributed by atoms with Crippen LogP contribution in [-0.4, -0.2) is 79.7 Å². The predicted molar refractivity (Wildman–Crippen MR) is 106 cm³/mol. The number of hydrogen-bond acceptors (Lipinski definition) is 7. The highest BCUT2D eigenvalue weighted by Gasteiger charge is 2.22. The molecule has 3 heterocycles. The molecule has 1 aromatic heterocycles. The van der Waals surface area contributed by atoms with Crippen molar-refractivity contribution in [2.75, 3.05) is 57.4 Å². The van der Waals surface area contributed by atoms with Crippen LogP contribution < -0.4 is 14.4 Å². The molecular formula is C21H27N3O4.